The van der Waals surface area contributed by atoms with Crippen LogP contribution in [0.2, 0.25) is 0 Å². The highest BCUT2D eigenvalue weighted by molar-refractivity contribution is 7.17. The van der Waals surface area contributed by atoms with Crippen molar-refractivity contribution in [3.8, 4) is 11.3 Å². The molecule has 0 N–H and O–H groups in total. The van der Waals surface area contributed by atoms with E-state index < -0.39 is 0 Å². The molecular weight excluding hydrogens is 276 g/mol. The highest BCUT2D eigenvalue weighted by Crippen LogP contribution is 2.37. The smallest absolute Gasteiger partial charge is 0.194 e. The number of fused-ring (bicyclic) bond motifs is 3. The molecule has 1 aliphatic carbocycles. The maximum Gasteiger partial charge on any atom is 0.194 e. The molecule has 1 aromatic carbocycles. The van der Waals surface area contributed by atoms with Crippen LogP contribution in [0.15, 0.2) is 30.3 Å². The molecule has 0 radical (unpaired) electrons. The summed E-state index contributed by atoms with van der Waals surface area (Å²) in [5.41, 5.74) is 5.32. The summed E-state index contributed by atoms with van der Waals surface area (Å²) in [6, 6.07) is 10.6. The second-order valence-electron chi connectivity index (χ2n) is 6.16. The summed E-state index contributed by atoms with van der Waals surface area (Å²) < 4.78 is 2.46. The maximum absolute atomic E-state index is 4.99. The highest BCUT2D eigenvalue weighted by atomic mass is 32.1. The fourth-order valence-electron chi connectivity index (χ4n) is 3.40. The number of aromatic nitrogens is 2. The van der Waals surface area contributed by atoms with Crippen molar-refractivity contribution in [1.29, 1.82) is 0 Å². The van der Waals surface area contributed by atoms with Crippen LogP contribution in [-0.4, -0.2) is 9.38 Å². The molecule has 1 aliphatic rings. The average Bonchev–Trinajstić information content (AvgIpc) is 3.03. The minimum absolute atomic E-state index is 0.482. The van der Waals surface area contributed by atoms with Crippen molar-refractivity contribution < 1.29 is 0 Å². The fraction of sp³-hybridized carbons (Fsp3) is 0.389. The van der Waals surface area contributed by atoms with Crippen molar-refractivity contribution in [2.45, 2.75) is 45.4 Å². The van der Waals surface area contributed by atoms with E-state index in [2.05, 4.69) is 48.6 Å². The Bertz CT molecular complexity index is 781. The molecule has 21 heavy (non-hydrogen) atoms. The van der Waals surface area contributed by atoms with Gasteiger partial charge in [-0.15, -0.1) is 11.3 Å². The first-order valence-corrected chi connectivity index (χ1v) is 8.65. The van der Waals surface area contributed by atoms with E-state index in [-0.39, 0.29) is 0 Å². The first-order valence-electron chi connectivity index (χ1n) is 7.84. The summed E-state index contributed by atoms with van der Waals surface area (Å²) in [7, 11) is 0. The monoisotopic (exact) mass is 296 g/mol. The van der Waals surface area contributed by atoms with Gasteiger partial charge in [0.15, 0.2) is 4.96 Å². The molecule has 0 spiro atoms. The number of aryl methyl sites for hydroxylation is 2. The van der Waals surface area contributed by atoms with Gasteiger partial charge in [0, 0.05) is 16.1 Å². The van der Waals surface area contributed by atoms with Crippen LogP contribution in [0, 0.1) is 0 Å². The molecule has 0 aliphatic heterocycles. The molecule has 108 valence electrons. The lowest BCUT2D eigenvalue weighted by Crippen LogP contribution is -2.06. The topological polar surface area (TPSA) is 17.3 Å². The van der Waals surface area contributed by atoms with Crippen LogP contribution < -0.4 is 0 Å². The van der Waals surface area contributed by atoms with Crippen molar-refractivity contribution in [2.75, 3.05) is 0 Å². The van der Waals surface area contributed by atoms with Crippen molar-refractivity contribution in [1.82, 2.24) is 9.38 Å². The highest BCUT2D eigenvalue weighted by Gasteiger charge is 2.24. The Balaban J connectivity index is 2.00. The van der Waals surface area contributed by atoms with Crippen LogP contribution in [-0.2, 0) is 12.8 Å². The Kier molecular flexibility index (Phi) is 3.11. The molecule has 0 saturated carbocycles. The van der Waals surface area contributed by atoms with Gasteiger partial charge in [-0.25, -0.2) is 4.98 Å². The predicted octanol–water partition coefficient (Wildman–Crippen LogP) is 5.07. The average molecular weight is 296 g/mol. The summed E-state index contributed by atoms with van der Waals surface area (Å²) in [5.74, 6) is 0.482. The Morgan fingerprint density at radius 2 is 1.86 bits per heavy atom. The second-order valence-corrected chi connectivity index (χ2v) is 7.23. The number of rotatable bonds is 2. The van der Waals surface area contributed by atoms with Crippen LogP contribution in [0.25, 0.3) is 16.2 Å². The number of hydrogen-bond donors (Lipinski definition) is 0. The van der Waals surface area contributed by atoms with Crippen molar-refractivity contribution in [2.24, 2.45) is 0 Å². The molecule has 0 saturated heterocycles. The van der Waals surface area contributed by atoms with E-state index in [1.807, 2.05) is 11.3 Å². The minimum atomic E-state index is 0.482. The van der Waals surface area contributed by atoms with E-state index >= 15 is 0 Å². The third-order valence-electron chi connectivity index (χ3n) is 4.35. The lowest BCUT2D eigenvalue weighted by atomic mass is 10.0. The zero-order valence-electron chi connectivity index (χ0n) is 12.6. The number of thiazole rings is 1. The Labute approximate surface area is 129 Å². The SMILES string of the molecule is CC(C)c1c(-c2ccccc2)nc2sc3c(n12)CCCC3. The molecule has 3 aromatic rings. The zero-order valence-corrected chi connectivity index (χ0v) is 13.4. The molecule has 3 heteroatoms. The van der Waals surface area contributed by atoms with Crippen LogP contribution in [0.1, 0.15) is 48.9 Å². The van der Waals surface area contributed by atoms with Crippen LogP contribution in [0.3, 0.4) is 0 Å². The maximum atomic E-state index is 4.99. The van der Waals surface area contributed by atoms with Crippen molar-refractivity contribution >= 4 is 16.3 Å². The third-order valence-corrected chi connectivity index (χ3v) is 5.49. The lowest BCUT2D eigenvalue weighted by Gasteiger charge is -2.14. The van der Waals surface area contributed by atoms with E-state index in [0.29, 0.717) is 5.92 Å². The van der Waals surface area contributed by atoms with Gasteiger partial charge in [0.2, 0.25) is 0 Å². The lowest BCUT2D eigenvalue weighted by molar-refractivity contribution is 0.664. The molecule has 2 heterocycles. The summed E-state index contributed by atoms with van der Waals surface area (Å²) in [6.45, 7) is 4.56. The van der Waals surface area contributed by atoms with Crippen LogP contribution in [0.5, 0.6) is 0 Å². The van der Waals surface area contributed by atoms with Crippen LogP contribution >= 0.6 is 11.3 Å². The van der Waals surface area contributed by atoms with Crippen molar-refractivity contribution in [3.63, 3.8) is 0 Å². The van der Waals surface area contributed by atoms with E-state index in [1.165, 1.54) is 53.3 Å². The fourth-order valence-corrected chi connectivity index (χ4v) is 4.61. The van der Waals surface area contributed by atoms with Gasteiger partial charge in [0.25, 0.3) is 0 Å². The molecule has 4 rings (SSSR count). The minimum Gasteiger partial charge on any atom is -0.290 e. The molecule has 0 unspecified atom stereocenters. The number of hydrogen-bond acceptors (Lipinski definition) is 2. The van der Waals surface area contributed by atoms with E-state index in [1.54, 1.807) is 4.88 Å². The van der Waals surface area contributed by atoms with Gasteiger partial charge < -0.3 is 0 Å². The van der Waals surface area contributed by atoms with Gasteiger partial charge in [-0.05, 0) is 31.6 Å². The second kappa shape index (κ2) is 4.99. The van der Waals surface area contributed by atoms with Gasteiger partial charge in [-0.1, -0.05) is 44.2 Å². The van der Waals surface area contributed by atoms with Gasteiger partial charge in [-0.2, -0.15) is 0 Å². The van der Waals surface area contributed by atoms with Crippen molar-refractivity contribution in [3.05, 3.63) is 46.6 Å². The number of benzene rings is 1. The predicted molar refractivity (Wildman–Crippen MR) is 89.2 cm³/mol. The zero-order chi connectivity index (χ0) is 14.4. The Morgan fingerprint density at radius 1 is 1.10 bits per heavy atom. The van der Waals surface area contributed by atoms with Gasteiger partial charge in [0.1, 0.15) is 0 Å². The first kappa shape index (κ1) is 13.1. The molecule has 2 aromatic heterocycles. The number of nitrogens with zero attached hydrogens (tertiary/aromatic N) is 2. The van der Waals surface area contributed by atoms with Gasteiger partial charge >= 0.3 is 0 Å². The van der Waals surface area contributed by atoms with Crippen LogP contribution in [0.4, 0.5) is 0 Å². The molecule has 0 bridgehead atoms. The number of imidazole rings is 1. The standard InChI is InChI=1S/C18H20N2S/c1-12(2)17-16(13-8-4-3-5-9-13)19-18-20(17)14-10-6-7-11-15(14)21-18/h3-5,8-9,12H,6-7,10-11H2,1-2H3. The summed E-state index contributed by atoms with van der Waals surface area (Å²) in [5, 5.41) is 0. The largest absolute Gasteiger partial charge is 0.290 e. The molecule has 0 fully saturated rings. The normalized spacial score (nSPS) is 14.8. The third kappa shape index (κ3) is 2.03. The summed E-state index contributed by atoms with van der Waals surface area (Å²) in [6.07, 6.45) is 5.09. The summed E-state index contributed by atoms with van der Waals surface area (Å²) >= 11 is 1.90. The quantitative estimate of drug-likeness (QED) is 0.645. The molecule has 2 nitrogen and oxygen atoms in total. The Hall–Kier alpha value is -1.61. The van der Waals surface area contributed by atoms with E-state index in [0.717, 1.165) is 0 Å². The van der Waals surface area contributed by atoms with Gasteiger partial charge in [-0.3, -0.25) is 4.40 Å². The molecular formula is C18H20N2S. The Morgan fingerprint density at radius 3 is 2.62 bits per heavy atom. The van der Waals surface area contributed by atoms with E-state index in [4.69, 9.17) is 4.98 Å². The van der Waals surface area contributed by atoms with Gasteiger partial charge in [0.05, 0.1) is 11.4 Å². The van der Waals surface area contributed by atoms with E-state index in [9.17, 15) is 0 Å². The summed E-state index contributed by atoms with van der Waals surface area (Å²) in [4.78, 5) is 7.74. The first-order chi connectivity index (χ1) is 10.3. The molecule has 0 atom stereocenters. The molecule has 0 amide bonds.